The number of rotatable bonds is 5. The van der Waals surface area contributed by atoms with Crippen LogP contribution in [0.2, 0.25) is 0 Å². The van der Waals surface area contributed by atoms with Crippen LogP contribution >= 0.6 is 0 Å². The topological polar surface area (TPSA) is 101 Å². The van der Waals surface area contributed by atoms with E-state index in [4.69, 9.17) is 10.8 Å². The van der Waals surface area contributed by atoms with Crippen molar-refractivity contribution in [3.05, 3.63) is 22.7 Å². The van der Waals surface area contributed by atoms with Crippen LogP contribution in [0.15, 0.2) is 17.1 Å². The first-order chi connectivity index (χ1) is 7.54. The number of aliphatic hydroxyl groups is 2. The summed E-state index contributed by atoms with van der Waals surface area (Å²) >= 11 is 0. The normalized spacial score (nSPS) is 14.7. The molecule has 0 aliphatic carbocycles. The summed E-state index contributed by atoms with van der Waals surface area (Å²) in [5.41, 5.74) is 4.77. The molecule has 0 aromatic carbocycles. The van der Waals surface area contributed by atoms with Crippen LogP contribution in [-0.2, 0) is 0 Å². The summed E-state index contributed by atoms with van der Waals surface area (Å²) in [5.74, 6) is 0.240. The van der Waals surface area contributed by atoms with Crippen molar-refractivity contribution in [3.8, 4) is 0 Å². The van der Waals surface area contributed by atoms with Crippen LogP contribution in [0.5, 0.6) is 0 Å². The minimum atomic E-state index is -0.922. The summed E-state index contributed by atoms with van der Waals surface area (Å²) in [6.07, 6.45) is 1.52. The highest BCUT2D eigenvalue weighted by Gasteiger charge is 2.11. The molecule has 0 aliphatic heterocycles. The fourth-order valence-corrected chi connectivity index (χ4v) is 1.32. The number of anilines is 1. The maximum Gasteiger partial charge on any atom is 0.351 e. The summed E-state index contributed by atoms with van der Waals surface area (Å²) in [6.45, 7) is 1.94. The molecule has 0 saturated carbocycles. The molecule has 0 aliphatic rings. The number of nitrogens with zero attached hydrogens (tertiary/aromatic N) is 2. The van der Waals surface area contributed by atoms with Gasteiger partial charge >= 0.3 is 5.69 Å². The van der Waals surface area contributed by atoms with Gasteiger partial charge in [-0.3, -0.25) is 4.57 Å². The van der Waals surface area contributed by atoms with E-state index in [1.165, 1.54) is 12.3 Å². The van der Waals surface area contributed by atoms with E-state index in [1.54, 1.807) is 0 Å². The van der Waals surface area contributed by atoms with Crippen LogP contribution in [-0.4, -0.2) is 26.4 Å². The molecule has 16 heavy (non-hydrogen) atoms. The lowest BCUT2D eigenvalue weighted by molar-refractivity contribution is 0.0781. The lowest BCUT2D eigenvalue weighted by Gasteiger charge is -2.15. The molecule has 1 aromatic heterocycles. The Hall–Kier alpha value is -1.40. The van der Waals surface area contributed by atoms with Gasteiger partial charge in [0.2, 0.25) is 0 Å². The molecule has 6 heteroatoms. The molecule has 0 fully saturated rings. The molecule has 0 saturated heterocycles. The van der Waals surface area contributed by atoms with E-state index < -0.39 is 11.9 Å². The number of aromatic nitrogens is 2. The molecule has 0 spiro atoms. The van der Waals surface area contributed by atoms with Gasteiger partial charge < -0.3 is 15.9 Å². The first kappa shape index (κ1) is 12.7. The summed E-state index contributed by atoms with van der Waals surface area (Å²) < 4.78 is 1.13. The Kier molecular flexibility index (Phi) is 4.45. The average molecular weight is 227 g/mol. The predicted molar refractivity (Wildman–Crippen MR) is 59.6 cm³/mol. The van der Waals surface area contributed by atoms with Crippen molar-refractivity contribution >= 4 is 5.82 Å². The van der Waals surface area contributed by atoms with Crippen LogP contribution < -0.4 is 11.4 Å². The zero-order valence-corrected chi connectivity index (χ0v) is 9.21. The first-order valence-electron chi connectivity index (χ1n) is 5.18. The van der Waals surface area contributed by atoms with E-state index in [1.807, 2.05) is 6.92 Å². The average Bonchev–Trinajstić information content (AvgIpc) is 2.25. The summed E-state index contributed by atoms with van der Waals surface area (Å²) in [7, 11) is 0. The molecule has 2 unspecified atom stereocenters. The zero-order chi connectivity index (χ0) is 12.1. The van der Waals surface area contributed by atoms with Gasteiger partial charge in [-0.15, -0.1) is 0 Å². The second-order valence-corrected chi connectivity index (χ2v) is 3.89. The van der Waals surface area contributed by atoms with Gasteiger partial charge in [-0.05, 0) is 24.8 Å². The van der Waals surface area contributed by atoms with E-state index >= 15 is 0 Å². The molecule has 1 heterocycles. The number of hydrogen-bond donors (Lipinski definition) is 3. The van der Waals surface area contributed by atoms with E-state index in [-0.39, 0.29) is 18.3 Å². The summed E-state index contributed by atoms with van der Waals surface area (Å²) in [5, 5.41) is 18.6. The van der Waals surface area contributed by atoms with Crippen LogP contribution in [0.1, 0.15) is 26.0 Å². The maximum absolute atomic E-state index is 11.4. The number of nitrogen functional groups attached to an aromatic ring is 1. The quantitative estimate of drug-likeness (QED) is 0.642. The van der Waals surface area contributed by atoms with Gasteiger partial charge in [-0.25, -0.2) is 4.79 Å². The Morgan fingerprint density at radius 3 is 2.81 bits per heavy atom. The van der Waals surface area contributed by atoms with Crippen LogP contribution in [0.3, 0.4) is 0 Å². The highest BCUT2D eigenvalue weighted by atomic mass is 16.3. The largest absolute Gasteiger partial charge is 0.396 e. The Bertz CT molecular complexity index is 391. The number of aliphatic hydroxyl groups excluding tert-OH is 2. The number of hydrogen-bond acceptors (Lipinski definition) is 5. The van der Waals surface area contributed by atoms with E-state index in [0.29, 0.717) is 12.8 Å². The second-order valence-electron chi connectivity index (χ2n) is 3.89. The van der Waals surface area contributed by atoms with Crippen molar-refractivity contribution in [1.29, 1.82) is 0 Å². The SMILES string of the molecule is CC(CO)CCC(O)n1ccc(N)nc1=O. The Morgan fingerprint density at radius 2 is 2.25 bits per heavy atom. The van der Waals surface area contributed by atoms with Gasteiger partial charge in [-0.2, -0.15) is 4.98 Å². The molecule has 90 valence electrons. The molecule has 2 atom stereocenters. The van der Waals surface area contributed by atoms with Gasteiger partial charge in [-0.1, -0.05) is 6.92 Å². The highest BCUT2D eigenvalue weighted by Crippen LogP contribution is 2.13. The van der Waals surface area contributed by atoms with Crippen molar-refractivity contribution in [2.45, 2.75) is 26.0 Å². The zero-order valence-electron chi connectivity index (χ0n) is 9.21. The minimum absolute atomic E-state index is 0.0710. The molecular weight excluding hydrogens is 210 g/mol. The standard InChI is InChI=1S/C10H17N3O3/c1-7(6-14)2-3-9(15)13-5-4-8(11)12-10(13)16/h4-5,7,9,14-15H,2-3,6H2,1H3,(H2,11,12,16). The van der Waals surface area contributed by atoms with E-state index in [2.05, 4.69) is 4.98 Å². The van der Waals surface area contributed by atoms with Crippen molar-refractivity contribution in [2.24, 2.45) is 5.92 Å². The molecule has 0 amide bonds. The minimum Gasteiger partial charge on any atom is -0.396 e. The van der Waals surface area contributed by atoms with Crippen LogP contribution in [0.25, 0.3) is 0 Å². The molecular formula is C10H17N3O3. The smallest absolute Gasteiger partial charge is 0.351 e. The third kappa shape index (κ3) is 3.32. The van der Waals surface area contributed by atoms with Crippen molar-refractivity contribution in [3.63, 3.8) is 0 Å². The fourth-order valence-electron chi connectivity index (χ4n) is 1.32. The number of nitrogens with two attached hydrogens (primary N) is 1. The van der Waals surface area contributed by atoms with Crippen molar-refractivity contribution < 1.29 is 10.2 Å². The highest BCUT2D eigenvalue weighted by molar-refractivity contribution is 5.23. The summed E-state index contributed by atoms with van der Waals surface area (Å²) in [4.78, 5) is 14.9. The van der Waals surface area contributed by atoms with Gasteiger partial charge in [0.05, 0.1) is 0 Å². The molecule has 4 N–H and O–H groups in total. The summed E-state index contributed by atoms with van der Waals surface area (Å²) in [6, 6.07) is 1.46. The van der Waals surface area contributed by atoms with Gasteiger partial charge in [0, 0.05) is 12.8 Å². The molecule has 1 aromatic rings. The molecule has 1 rings (SSSR count). The third-order valence-corrected chi connectivity index (χ3v) is 2.40. The van der Waals surface area contributed by atoms with Gasteiger partial charge in [0.25, 0.3) is 0 Å². The van der Waals surface area contributed by atoms with Gasteiger partial charge in [0.1, 0.15) is 12.0 Å². The van der Waals surface area contributed by atoms with E-state index in [9.17, 15) is 9.90 Å². The Morgan fingerprint density at radius 1 is 1.56 bits per heavy atom. The maximum atomic E-state index is 11.4. The van der Waals surface area contributed by atoms with Crippen molar-refractivity contribution in [1.82, 2.24) is 9.55 Å². The first-order valence-corrected chi connectivity index (χ1v) is 5.18. The molecule has 0 radical (unpaired) electrons. The fraction of sp³-hybridized carbons (Fsp3) is 0.600. The lowest BCUT2D eigenvalue weighted by atomic mass is 10.1. The predicted octanol–water partition coefficient (Wildman–Crippen LogP) is -0.275. The van der Waals surface area contributed by atoms with Crippen molar-refractivity contribution in [2.75, 3.05) is 12.3 Å². The Labute approximate surface area is 93.4 Å². The van der Waals surface area contributed by atoms with Crippen LogP contribution in [0, 0.1) is 5.92 Å². The van der Waals surface area contributed by atoms with E-state index in [0.717, 1.165) is 4.57 Å². The Balaban J connectivity index is 2.66. The monoisotopic (exact) mass is 227 g/mol. The second kappa shape index (κ2) is 5.62. The third-order valence-electron chi connectivity index (χ3n) is 2.40. The molecule has 6 nitrogen and oxygen atoms in total. The van der Waals surface area contributed by atoms with Gasteiger partial charge in [0.15, 0.2) is 0 Å². The van der Waals surface area contributed by atoms with Crippen LogP contribution in [0.4, 0.5) is 5.82 Å². The molecule has 0 bridgehead atoms. The lowest BCUT2D eigenvalue weighted by Crippen LogP contribution is -2.27.